The summed E-state index contributed by atoms with van der Waals surface area (Å²) >= 11 is 6.25. The van der Waals surface area contributed by atoms with E-state index in [4.69, 9.17) is 16.6 Å². The third-order valence-electron chi connectivity index (χ3n) is 3.37. The fraction of sp³-hybridized carbons (Fsp3) is 0. The first kappa shape index (κ1) is 14.9. The van der Waals surface area contributed by atoms with E-state index in [1.165, 1.54) is 11.8 Å². The Labute approximate surface area is 147 Å². The number of hydrogen-bond donors (Lipinski definition) is 2. The Bertz CT molecular complexity index is 961. The molecule has 0 radical (unpaired) electrons. The molecule has 24 heavy (non-hydrogen) atoms. The lowest BCUT2D eigenvalue weighted by Gasteiger charge is -2.03. The number of para-hydroxylation sites is 2. The number of nitrogens with one attached hydrogen (secondary N) is 2. The van der Waals surface area contributed by atoms with Crippen molar-refractivity contribution in [2.24, 2.45) is 0 Å². The van der Waals surface area contributed by atoms with Crippen LogP contribution in [0.4, 0.5) is 11.7 Å². The van der Waals surface area contributed by atoms with Gasteiger partial charge in [-0.15, -0.1) is 0 Å². The number of carbonyl (C=O) groups excluding carboxylic acids is 1. The molecule has 2 N–H and O–H groups in total. The second-order valence-corrected chi connectivity index (χ2v) is 6.81. The Morgan fingerprint density at radius 2 is 2.08 bits per heavy atom. The average Bonchev–Trinajstić information content (AvgIpc) is 3.10. The van der Waals surface area contributed by atoms with Crippen molar-refractivity contribution in [3.8, 4) is 0 Å². The number of thioether (sulfide) groups is 1. The second-order valence-electron chi connectivity index (χ2n) is 5.09. The number of amides is 1. The van der Waals surface area contributed by atoms with E-state index in [2.05, 4.69) is 15.6 Å². The van der Waals surface area contributed by atoms with E-state index in [1.807, 2.05) is 48.5 Å². The van der Waals surface area contributed by atoms with Crippen molar-refractivity contribution in [2.75, 3.05) is 5.32 Å². The van der Waals surface area contributed by atoms with E-state index in [0.29, 0.717) is 15.2 Å². The smallest absolute Gasteiger partial charge is 0.300 e. The first-order valence-electron chi connectivity index (χ1n) is 7.15. The summed E-state index contributed by atoms with van der Waals surface area (Å²) in [5, 5.41) is 5.74. The van der Waals surface area contributed by atoms with E-state index in [9.17, 15) is 4.79 Å². The standard InChI is InChI=1S/C17H11N3O2S2/c21-15-14(24-17(23)20-15)9-10-4-3-5-11(8-10)18-16-19-12-6-1-2-7-13(12)22-16/h1-9H,(H,18,19)(H,20,21,23)/b14-9-. The number of carbonyl (C=O) groups is 1. The van der Waals surface area contributed by atoms with Crippen LogP contribution in [0.1, 0.15) is 5.56 Å². The summed E-state index contributed by atoms with van der Waals surface area (Å²) in [7, 11) is 0. The molecule has 0 saturated carbocycles. The number of hydrogen-bond acceptors (Lipinski definition) is 6. The molecule has 4 rings (SSSR count). The van der Waals surface area contributed by atoms with E-state index < -0.39 is 0 Å². The van der Waals surface area contributed by atoms with Gasteiger partial charge in [-0.2, -0.15) is 4.98 Å². The molecule has 5 nitrogen and oxygen atoms in total. The van der Waals surface area contributed by atoms with Crippen molar-refractivity contribution in [1.29, 1.82) is 0 Å². The third kappa shape index (κ3) is 3.04. The fourth-order valence-corrected chi connectivity index (χ4v) is 3.37. The highest BCUT2D eigenvalue weighted by atomic mass is 32.2. The first-order chi connectivity index (χ1) is 11.7. The third-order valence-corrected chi connectivity index (χ3v) is 4.53. The molecule has 2 aromatic carbocycles. The molecular formula is C17H11N3O2S2. The lowest BCUT2D eigenvalue weighted by atomic mass is 10.2. The van der Waals surface area contributed by atoms with Crippen LogP contribution in [0.5, 0.6) is 0 Å². The zero-order valence-electron chi connectivity index (χ0n) is 12.3. The van der Waals surface area contributed by atoms with Crippen molar-refractivity contribution < 1.29 is 9.21 Å². The number of fused-ring (bicyclic) bond motifs is 1. The molecule has 118 valence electrons. The summed E-state index contributed by atoms with van der Waals surface area (Å²) in [5.41, 5.74) is 3.23. The van der Waals surface area contributed by atoms with Crippen LogP contribution in [0.25, 0.3) is 17.2 Å². The van der Waals surface area contributed by atoms with Gasteiger partial charge in [0.2, 0.25) is 0 Å². The number of anilines is 2. The summed E-state index contributed by atoms with van der Waals surface area (Å²) in [6, 6.07) is 15.6. The molecule has 0 aliphatic carbocycles. The molecule has 0 bridgehead atoms. The van der Waals surface area contributed by atoms with Gasteiger partial charge in [0.15, 0.2) is 5.58 Å². The van der Waals surface area contributed by atoms with Crippen LogP contribution in [0, 0.1) is 0 Å². The summed E-state index contributed by atoms with van der Waals surface area (Å²) in [5.74, 6) is -0.165. The van der Waals surface area contributed by atoms with Crippen LogP contribution >= 0.6 is 24.0 Å². The summed E-state index contributed by atoms with van der Waals surface area (Å²) in [4.78, 5) is 16.7. The molecule has 0 atom stereocenters. The van der Waals surface area contributed by atoms with Crippen LogP contribution in [-0.2, 0) is 4.79 Å². The molecule has 1 fully saturated rings. The van der Waals surface area contributed by atoms with Crippen molar-refractivity contribution in [1.82, 2.24) is 10.3 Å². The minimum Gasteiger partial charge on any atom is -0.423 e. The Balaban J connectivity index is 1.59. The second kappa shape index (κ2) is 6.10. The summed E-state index contributed by atoms with van der Waals surface area (Å²) < 4.78 is 6.13. The maximum absolute atomic E-state index is 11.7. The van der Waals surface area contributed by atoms with Crippen LogP contribution in [0.2, 0.25) is 0 Å². The average molecular weight is 353 g/mol. The fourth-order valence-electron chi connectivity index (χ4n) is 2.33. The predicted octanol–water partition coefficient (Wildman–Crippen LogP) is 4.06. The maximum atomic E-state index is 11.7. The Morgan fingerprint density at radius 3 is 2.88 bits per heavy atom. The minimum absolute atomic E-state index is 0.165. The monoisotopic (exact) mass is 353 g/mol. The first-order valence-corrected chi connectivity index (χ1v) is 8.37. The Morgan fingerprint density at radius 1 is 1.21 bits per heavy atom. The lowest BCUT2D eigenvalue weighted by Crippen LogP contribution is -2.17. The number of thiocarbonyl (C=S) groups is 1. The lowest BCUT2D eigenvalue weighted by molar-refractivity contribution is -0.115. The van der Waals surface area contributed by atoms with Crippen LogP contribution < -0.4 is 10.6 Å². The van der Waals surface area contributed by atoms with E-state index >= 15 is 0 Å². The predicted molar refractivity (Wildman–Crippen MR) is 100 cm³/mol. The van der Waals surface area contributed by atoms with Gasteiger partial charge in [0, 0.05) is 5.69 Å². The van der Waals surface area contributed by atoms with Gasteiger partial charge in [-0.1, -0.05) is 48.2 Å². The van der Waals surface area contributed by atoms with E-state index in [1.54, 1.807) is 6.08 Å². The molecule has 2 heterocycles. The maximum Gasteiger partial charge on any atom is 0.300 e. The number of nitrogens with zero attached hydrogens (tertiary/aromatic N) is 1. The highest BCUT2D eigenvalue weighted by Gasteiger charge is 2.21. The van der Waals surface area contributed by atoms with Gasteiger partial charge in [0.25, 0.3) is 11.9 Å². The highest BCUT2D eigenvalue weighted by molar-refractivity contribution is 8.26. The molecular weight excluding hydrogens is 342 g/mol. The van der Waals surface area contributed by atoms with Crippen molar-refractivity contribution in [3.63, 3.8) is 0 Å². The van der Waals surface area contributed by atoms with Gasteiger partial charge >= 0.3 is 0 Å². The van der Waals surface area contributed by atoms with Crippen LogP contribution in [-0.4, -0.2) is 15.2 Å². The van der Waals surface area contributed by atoms with Gasteiger partial charge in [-0.25, -0.2) is 0 Å². The van der Waals surface area contributed by atoms with Crippen molar-refractivity contribution >= 4 is 63.1 Å². The number of rotatable bonds is 3. The summed E-state index contributed by atoms with van der Waals surface area (Å²) in [6.07, 6.45) is 1.80. The molecule has 7 heteroatoms. The zero-order valence-corrected chi connectivity index (χ0v) is 13.9. The van der Waals surface area contributed by atoms with Gasteiger partial charge in [0.05, 0.1) is 4.91 Å². The number of aromatic nitrogens is 1. The molecule has 1 aliphatic heterocycles. The van der Waals surface area contributed by atoms with Crippen molar-refractivity contribution in [2.45, 2.75) is 0 Å². The van der Waals surface area contributed by atoms with Crippen LogP contribution in [0.15, 0.2) is 57.9 Å². The number of oxazole rings is 1. The topological polar surface area (TPSA) is 67.2 Å². The molecule has 1 saturated heterocycles. The molecule has 3 aromatic rings. The van der Waals surface area contributed by atoms with Gasteiger partial charge in [-0.05, 0) is 35.9 Å². The Kier molecular flexibility index (Phi) is 3.79. The molecule has 0 unspecified atom stereocenters. The summed E-state index contributed by atoms with van der Waals surface area (Å²) in [6.45, 7) is 0. The molecule has 1 aliphatic rings. The van der Waals surface area contributed by atoms with Crippen molar-refractivity contribution in [3.05, 3.63) is 59.0 Å². The number of benzene rings is 2. The largest absolute Gasteiger partial charge is 0.423 e. The quantitative estimate of drug-likeness (QED) is 0.547. The zero-order chi connectivity index (χ0) is 16.5. The Hall–Kier alpha value is -2.64. The molecule has 1 aromatic heterocycles. The minimum atomic E-state index is -0.165. The normalized spacial score (nSPS) is 15.9. The molecule has 0 spiro atoms. The molecule has 1 amide bonds. The van der Waals surface area contributed by atoms with Gasteiger partial charge < -0.3 is 15.1 Å². The van der Waals surface area contributed by atoms with Crippen LogP contribution in [0.3, 0.4) is 0 Å². The van der Waals surface area contributed by atoms with E-state index in [0.717, 1.165) is 22.4 Å². The van der Waals surface area contributed by atoms with E-state index in [-0.39, 0.29) is 5.91 Å². The van der Waals surface area contributed by atoms with Gasteiger partial charge in [0.1, 0.15) is 9.84 Å². The van der Waals surface area contributed by atoms with Gasteiger partial charge in [-0.3, -0.25) is 4.79 Å². The SMILES string of the molecule is O=C1NC(=S)S/C1=C\c1cccc(Nc2nc3ccccc3o2)c1. The highest BCUT2D eigenvalue weighted by Crippen LogP contribution is 2.27.